The quantitative estimate of drug-likeness (QED) is 0.862. The molecule has 1 N–H and O–H groups in total. The van der Waals surface area contributed by atoms with Gasteiger partial charge in [0.25, 0.3) is 5.91 Å². The molecular formula is C16H23N3O4S. The summed E-state index contributed by atoms with van der Waals surface area (Å²) in [6.07, 6.45) is 6.76. The van der Waals surface area contributed by atoms with Crippen molar-refractivity contribution < 1.29 is 17.9 Å². The Labute approximate surface area is 142 Å². The smallest absolute Gasteiger partial charge is 0.255 e. The molecule has 24 heavy (non-hydrogen) atoms. The van der Waals surface area contributed by atoms with E-state index in [1.165, 1.54) is 6.26 Å². The van der Waals surface area contributed by atoms with Gasteiger partial charge in [-0.15, -0.1) is 0 Å². The molecule has 132 valence electrons. The van der Waals surface area contributed by atoms with Gasteiger partial charge in [0.15, 0.2) is 0 Å². The van der Waals surface area contributed by atoms with Gasteiger partial charge in [0.1, 0.15) is 0 Å². The summed E-state index contributed by atoms with van der Waals surface area (Å²) in [4.78, 5) is 18.4. The summed E-state index contributed by atoms with van der Waals surface area (Å²) in [6.45, 7) is 2.27. The number of likely N-dealkylation sites (tertiary alicyclic amines) is 1. The van der Waals surface area contributed by atoms with Crippen LogP contribution >= 0.6 is 0 Å². The van der Waals surface area contributed by atoms with Crippen LogP contribution in [0.25, 0.3) is 0 Å². The highest BCUT2D eigenvalue weighted by atomic mass is 32.2. The Hall–Kier alpha value is -1.51. The number of hydrogen-bond acceptors (Lipinski definition) is 5. The van der Waals surface area contributed by atoms with Crippen LogP contribution in [0.3, 0.4) is 0 Å². The minimum Gasteiger partial charge on any atom is -0.380 e. The molecule has 2 fully saturated rings. The second-order valence-electron chi connectivity index (χ2n) is 6.66. The van der Waals surface area contributed by atoms with Gasteiger partial charge < -0.3 is 9.64 Å². The maximum Gasteiger partial charge on any atom is 0.255 e. The van der Waals surface area contributed by atoms with Crippen molar-refractivity contribution in [1.29, 1.82) is 0 Å². The normalized spacial score (nSPS) is 24.0. The molecule has 8 heteroatoms. The lowest BCUT2D eigenvalue weighted by Crippen LogP contribution is -2.57. The van der Waals surface area contributed by atoms with Crippen LogP contribution in [0.2, 0.25) is 0 Å². The van der Waals surface area contributed by atoms with E-state index in [0.29, 0.717) is 31.9 Å². The van der Waals surface area contributed by atoms with Crippen LogP contribution in [-0.2, 0) is 14.8 Å². The van der Waals surface area contributed by atoms with E-state index in [-0.39, 0.29) is 17.4 Å². The van der Waals surface area contributed by atoms with Gasteiger partial charge >= 0.3 is 0 Å². The van der Waals surface area contributed by atoms with E-state index in [9.17, 15) is 13.2 Å². The molecule has 1 spiro atoms. The Morgan fingerprint density at radius 3 is 2.75 bits per heavy atom. The molecule has 0 unspecified atom stereocenters. The molecule has 2 aliphatic heterocycles. The predicted octanol–water partition coefficient (Wildman–Crippen LogP) is 0.642. The molecule has 1 atom stereocenters. The lowest BCUT2D eigenvalue weighted by Gasteiger charge is -2.48. The molecule has 0 saturated carbocycles. The number of carbonyl (C=O) groups is 1. The first-order chi connectivity index (χ1) is 11.4. The van der Waals surface area contributed by atoms with Crippen molar-refractivity contribution in [3.05, 3.63) is 30.1 Å². The lowest BCUT2D eigenvalue weighted by molar-refractivity contribution is -0.0400. The van der Waals surface area contributed by atoms with Gasteiger partial charge in [0, 0.05) is 32.1 Å². The zero-order chi connectivity index (χ0) is 17.2. The van der Waals surface area contributed by atoms with E-state index >= 15 is 0 Å². The van der Waals surface area contributed by atoms with Crippen LogP contribution in [0.15, 0.2) is 24.5 Å². The third-order valence-corrected chi connectivity index (χ3v) is 5.79. The Balaban J connectivity index is 1.69. The summed E-state index contributed by atoms with van der Waals surface area (Å²) >= 11 is 0. The summed E-state index contributed by atoms with van der Waals surface area (Å²) in [5, 5.41) is 0. The molecule has 3 heterocycles. The highest BCUT2D eigenvalue weighted by Crippen LogP contribution is 2.41. The predicted molar refractivity (Wildman–Crippen MR) is 89.0 cm³/mol. The van der Waals surface area contributed by atoms with Gasteiger partial charge in [-0.2, -0.15) is 0 Å². The number of amides is 1. The van der Waals surface area contributed by atoms with Crippen molar-refractivity contribution in [3.63, 3.8) is 0 Å². The van der Waals surface area contributed by atoms with Crippen molar-refractivity contribution in [1.82, 2.24) is 14.6 Å². The van der Waals surface area contributed by atoms with Crippen molar-refractivity contribution in [2.24, 2.45) is 5.41 Å². The fourth-order valence-corrected chi connectivity index (χ4v) is 4.51. The van der Waals surface area contributed by atoms with E-state index in [2.05, 4.69) is 9.71 Å². The van der Waals surface area contributed by atoms with Crippen molar-refractivity contribution in [2.45, 2.75) is 25.3 Å². The number of nitrogens with zero attached hydrogens (tertiary/aromatic N) is 2. The van der Waals surface area contributed by atoms with Gasteiger partial charge in [0.05, 0.1) is 24.5 Å². The molecule has 0 aromatic carbocycles. The zero-order valence-corrected chi connectivity index (χ0v) is 14.6. The number of rotatable bonds is 3. The topological polar surface area (TPSA) is 88.6 Å². The minimum absolute atomic E-state index is 0.0161. The van der Waals surface area contributed by atoms with Crippen LogP contribution in [0.1, 0.15) is 29.6 Å². The average molecular weight is 353 g/mol. The Morgan fingerprint density at radius 1 is 1.38 bits per heavy atom. The number of carbonyl (C=O) groups excluding carboxylic acids is 1. The SMILES string of the molecule is CS(=O)(=O)N[C@H]1COCCC12CCN(C(=O)c1cccnc1)CC2. The molecule has 0 bridgehead atoms. The Bertz CT molecular complexity index is 685. The minimum atomic E-state index is -3.29. The molecule has 1 aromatic heterocycles. The van der Waals surface area contributed by atoms with E-state index in [0.717, 1.165) is 19.3 Å². The molecule has 7 nitrogen and oxygen atoms in total. The van der Waals surface area contributed by atoms with Gasteiger partial charge in [-0.3, -0.25) is 9.78 Å². The molecule has 0 aliphatic carbocycles. The van der Waals surface area contributed by atoms with Crippen LogP contribution in [0.5, 0.6) is 0 Å². The highest BCUT2D eigenvalue weighted by molar-refractivity contribution is 7.88. The third-order valence-electron chi connectivity index (χ3n) is 5.08. The van der Waals surface area contributed by atoms with Gasteiger partial charge in [-0.25, -0.2) is 13.1 Å². The third kappa shape index (κ3) is 3.76. The number of aromatic nitrogens is 1. The molecule has 1 aromatic rings. The first-order valence-electron chi connectivity index (χ1n) is 8.14. The van der Waals surface area contributed by atoms with E-state index in [4.69, 9.17) is 4.74 Å². The van der Waals surface area contributed by atoms with E-state index in [1.54, 1.807) is 24.5 Å². The summed E-state index contributed by atoms with van der Waals surface area (Å²) in [6, 6.07) is 3.29. The molecule has 1 amide bonds. The van der Waals surface area contributed by atoms with Crippen LogP contribution in [0, 0.1) is 5.41 Å². The lowest BCUT2D eigenvalue weighted by atomic mass is 9.69. The first-order valence-corrected chi connectivity index (χ1v) is 10.0. The average Bonchev–Trinajstić information content (AvgIpc) is 2.57. The van der Waals surface area contributed by atoms with Crippen molar-refractivity contribution in [3.8, 4) is 0 Å². The Morgan fingerprint density at radius 2 is 2.12 bits per heavy atom. The van der Waals surface area contributed by atoms with Crippen LogP contribution < -0.4 is 4.72 Å². The maximum absolute atomic E-state index is 12.5. The highest BCUT2D eigenvalue weighted by Gasteiger charge is 2.45. The number of piperidine rings is 1. The number of hydrogen-bond donors (Lipinski definition) is 1. The second kappa shape index (κ2) is 6.78. The summed E-state index contributed by atoms with van der Waals surface area (Å²) in [5.74, 6) is -0.0161. The van der Waals surface area contributed by atoms with Gasteiger partial charge in [-0.1, -0.05) is 0 Å². The van der Waals surface area contributed by atoms with E-state index in [1.807, 2.05) is 4.90 Å². The molecule has 2 saturated heterocycles. The van der Waals surface area contributed by atoms with Crippen LogP contribution in [0.4, 0.5) is 0 Å². The monoisotopic (exact) mass is 353 g/mol. The number of ether oxygens (including phenoxy) is 1. The largest absolute Gasteiger partial charge is 0.380 e. The second-order valence-corrected chi connectivity index (χ2v) is 8.44. The molecule has 0 radical (unpaired) electrons. The molecule has 3 rings (SSSR count). The van der Waals surface area contributed by atoms with Gasteiger partial charge in [0.2, 0.25) is 10.0 Å². The standard InChI is InChI=1S/C16H23N3O4S/c1-24(21,22)18-14-12-23-10-6-16(14)4-8-19(9-5-16)15(20)13-3-2-7-17-11-13/h2-3,7,11,14,18H,4-6,8-10,12H2,1H3/t14-/m0/s1. The first kappa shape index (κ1) is 17.3. The fraction of sp³-hybridized carbons (Fsp3) is 0.625. The summed E-state index contributed by atoms with van der Waals surface area (Å²) in [5.41, 5.74) is 0.457. The fourth-order valence-electron chi connectivity index (χ4n) is 3.67. The van der Waals surface area contributed by atoms with Crippen LogP contribution in [-0.4, -0.2) is 62.8 Å². The summed E-state index contributed by atoms with van der Waals surface area (Å²) in [7, 11) is -3.29. The van der Waals surface area contributed by atoms with Crippen molar-refractivity contribution >= 4 is 15.9 Å². The molecular weight excluding hydrogens is 330 g/mol. The Kier molecular flexibility index (Phi) is 4.89. The number of nitrogens with one attached hydrogen (secondary N) is 1. The zero-order valence-electron chi connectivity index (χ0n) is 13.8. The van der Waals surface area contributed by atoms with Crippen molar-refractivity contribution in [2.75, 3.05) is 32.6 Å². The maximum atomic E-state index is 12.5. The van der Waals surface area contributed by atoms with Gasteiger partial charge in [-0.05, 0) is 36.8 Å². The molecule has 2 aliphatic rings. The van der Waals surface area contributed by atoms with E-state index < -0.39 is 10.0 Å². The number of sulfonamides is 1. The summed E-state index contributed by atoms with van der Waals surface area (Å²) < 4.78 is 31.5. The number of pyridine rings is 1.